The number of fused-ring (bicyclic) bond motifs is 1. The maximum atomic E-state index is 9.08. The first-order chi connectivity index (χ1) is 12.3. The molecule has 0 saturated heterocycles. The molecule has 26 heavy (non-hydrogen) atoms. The van der Waals surface area contributed by atoms with Gasteiger partial charge in [-0.05, 0) is 46.2 Å². The van der Waals surface area contributed by atoms with E-state index in [0.717, 1.165) is 44.5 Å². The maximum Gasteiger partial charge on any atom is 0.129 e. The molecule has 0 unspecified atom stereocenters. The summed E-state index contributed by atoms with van der Waals surface area (Å²) >= 11 is 1.71. The van der Waals surface area contributed by atoms with E-state index in [4.69, 9.17) is 10.1 Å². The number of hydrogen-bond acceptors (Lipinski definition) is 6. The van der Waals surface area contributed by atoms with Gasteiger partial charge in [0.2, 0.25) is 0 Å². The Morgan fingerprint density at radius 1 is 1.23 bits per heavy atom. The van der Waals surface area contributed by atoms with Crippen LogP contribution in [0.25, 0.3) is 20.8 Å². The molecule has 0 aromatic carbocycles. The Balaban J connectivity index is 2.06. The number of aryl methyl sites for hydroxylation is 2. The van der Waals surface area contributed by atoms with Crippen LogP contribution in [0.1, 0.15) is 32.9 Å². The zero-order chi connectivity index (χ0) is 18.9. The Hall–Kier alpha value is -2.12. The average molecular weight is 374 g/mol. The van der Waals surface area contributed by atoms with E-state index in [1.165, 1.54) is 0 Å². The molecule has 0 saturated carbocycles. The number of nitrogens with zero attached hydrogens (tertiary/aromatic N) is 3. The van der Waals surface area contributed by atoms with Gasteiger partial charge in [0.05, 0.1) is 32.2 Å². The van der Waals surface area contributed by atoms with Gasteiger partial charge in [0.15, 0.2) is 0 Å². The summed E-state index contributed by atoms with van der Waals surface area (Å²) in [7, 11) is 1.97. The molecule has 3 rings (SSSR count). The Morgan fingerprint density at radius 2 is 2.00 bits per heavy atom. The van der Waals surface area contributed by atoms with Gasteiger partial charge in [-0.3, -0.25) is 4.68 Å². The molecular weight excluding hydrogens is 346 g/mol. The fraction of sp³-hybridized carbons (Fsp3) is 0.474. The number of nitrogens with one attached hydrogen (secondary N) is 2. The second kappa shape index (κ2) is 7.25. The highest BCUT2D eigenvalue weighted by atomic mass is 32.1. The van der Waals surface area contributed by atoms with E-state index >= 15 is 0 Å². The van der Waals surface area contributed by atoms with Gasteiger partial charge in [0, 0.05) is 31.8 Å². The summed E-state index contributed by atoms with van der Waals surface area (Å²) < 4.78 is 3.03. The smallest absolute Gasteiger partial charge is 0.129 e. The highest BCUT2D eigenvalue weighted by Crippen LogP contribution is 2.38. The molecule has 0 fully saturated rings. The summed E-state index contributed by atoms with van der Waals surface area (Å²) in [6.45, 7) is 9.27. The Kier molecular flexibility index (Phi) is 5.20. The predicted octanol–water partition coefficient (Wildman–Crippen LogP) is 4.01. The predicted molar refractivity (Wildman–Crippen MR) is 110 cm³/mol. The van der Waals surface area contributed by atoms with Crippen LogP contribution >= 0.6 is 11.3 Å². The van der Waals surface area contributed by atoms with Gasteiger partial charge >= 0.3 is 0 Å². The van der Waals surface area contributed by atoms with Crippen LogP contribution in [0.4, 0.5) is 11.5 Å². The van der Waals surface area contributed by atoms with Crippen LogP contribution < -0.4 is 10.6 Å². The topological polar surface area (TPSA) is 75.0 Å². The molecule has 140 valence electrons. The fourth-order valence-electron chi connectivity index (χ4n) is 2.87. The third kappa shape index (κ3) is 4.16. The number of aliphatic hydroxyl groups excluding tert-OH is 1. The van der Waals surface area contributed by atoms with Crippen LogP contribution in [-0.2, 0) is 7.05 Å². The van der Waals surface area contributed by atoms with Crippen molar-refractivity contribution in [1.29, 1.82) is 0 Å². The van der Waals surface area contributed by atoms with Crippen molar-refractivity contribution in [2.75, 3.05) is 23.8 Å². The van der Waals surface area contributed by atoms with E-state index < -0.39 is 0 Å². The van der Waals surface area contributed by atoms with Crippen LogP contribution in [0, 0.1) is 6.92 Å². The van der Waals surface area contributed by atoms with Crippen molar-refractivity contribution in [1.82, 2.24) is 14.8 Å². The standard InChI is InChI=1S/C19H27N5OS/c1-12-9-15(24(5)23-12)16-10-14-18(26-16)13(20-7-6-8-25)11-17(21-14)22-19(2,3)4/h9-11,25H,6-8H2,1-5H3,(H2,20,21,22). The molecule has 0 atom stereocenters. The average Bonchev–Trinajstić information content (AvgIpc) is 3.08. The van der Waals surface area contributed by atoms with Crippen molar-refractivity contribution >= 4 is 33.1 Å². The van der Waals surface area contributed by atoms with Gasteiger partial charge in [-0.15, -0.1) is 11.3 Å². The Morgan fingerprint density at radius 3 is 2.62 bits per heavy atom. The van der Waals surface area contributed by atoms with Gasteiger partial charge in [-0.2, -0.15) is 5.10 Å². The van der Waals surface area contributed by atoms with E-state index in [0.29, 0.717) is 6.42 Å². The molecule has 0 amide bonds. The van der Waals surface area contributed by atoms with E-state index in [1.807, 2.05) is 18.7 Å². The summed E-state index contributed by atoms with van der Waals surface area (Å²) in [6, 6.07) is 6.28. The number of hydrogen-bond donors (Lipinski definition) is 3. The second-order valence-electron chi connectivity index (χ2n) is 7.55. The van der Waals surface area contributed by atoms with Crippen molar-refractivity contribution in [2.24, 2.45) is 7.05 Å². The van der Waals surface area contributed by atoms with Crippen LogP contribution in [-0.4, -0.2) is 38.6 Å². The third-order valence-corrected chi connectivity index (χ3v) is 5.07. The molecule has 0 radical (unpaired) electrons. The SMILES string of the molecule is Cc1cc(-c2cc3nc(NC(C)(C)C)cc(NCCCO)c3s2)n(C)n1. The van der Waals surface area contributed by atoms with E-state index in [9.17, 15) is 0 Å². The lowest BCUT2D eigenvalue weighted by molar-refractivity contribution is 0.292. The minimum atomic E-state index is -0.0684. The van der Waals surface area contributed by atoms with Gasteiger partial charge in [-0.1, -0.05) is 0 Å². The van der Waals surface area contributed by atoms with Gasteiger partial charge in [-0.25, -0.2) is 4.98 Å². The van der Waals surface area contributed by atoms with Gasteiger partial charge in [0.25, 0.3) is 0 Å². The molecule has 0 aliphatic heterocycles. The van der Waals surface area contributed by atoms with E-state index in [-0.39, 0.29) is 12.1 Å². The second-order valence-corrected chi connectivity index (χ2v) is 8.61. The van der Waals surface area contributed by atoms with Crippen molar-refractivity contribution < 1.29 is 5.11 Å². The minimum Gasteiger partial charge on any atom is -0.396 e. The zero-order valence-corrected chi connectivity index (χ0v) is 16.9. The van der Waals surface area contributed by atoms with Crippen molar-refractivity contribution in [3.05, 3.63) is 23.9 Å². The molecule has 0 spiro atoms. The molecule has 7 heteroatoms. The number of aromatic nitrogens is 3. The first-order valence-corrected chi connectivity index (χ1v) is 9.67. The molecule has 3 N–H and O–H groups in total. The highest BCUT2D eigenvalue weighted by molar-refractivity contribution is 7.22. The molecule has 6 nitrogen and oxygen atoms in total. The van der Waals surface area contributed by atoms with Crippen LogP contribution in [0.5, 0.6) is 0 Å². The van der Waals surface area contributed by atoms with Crippen LogP contribution in [0.3, 0.4) is 0 Å². The fourth-order valence-corrected chi connectivity index (χ4v) is 4.01. The van der Waals surface area contributed by atoms with Crippen molar-refractivity contribution in [3.63, 3.8) is 0 Å². The van der Waals surface area contributed by atoms with Crippen LogP contribution in [0.15, 0.2) is 18.2 Å². The lowest BCUT2D eigenvalue weighted by Gasteiger charge is -2.22. The third-order valence-electron chi connectivity index (χ3n) is 3.89. The lowest BCUT2D eigenvalue weighted by atomic mass is 10.1. The highest BCUT2D eigenvalue weighted by Gasteiger charge is 2.16. The summed E-state index contributed by atoms with van der Waals surface area (Å²) in [5.41, 5.74) is 4.04. The van der Waals surface area contributed by atoms with Crippen molar-refractivity contribution in [2.45, 2.75) is 39.7 Å². The summed E-state index contributed by atoms with van der Waals surface area (Å²) in [5.74, 6) is 0.849. The molecule has 3 aromatic rings. The summed E-state index contributed by atoms with van der Waals surface area (Å²) in [4.78, 5) is 5.96. The molecule has 0 aliphatic rings. The Bertz CT molecular complexity index is 907. The number of anilines is 2. The zero-order valence-electron chi connectivity index (χ0n) is 16.1. The quantitative estimate of drug-likeness (QED) is 0.569. The van der Waals surface area contributed by atoms with Gasteiger partial charge < -0.3 is 15.7 Å². The Labute approximate surface area is 158 Å². The number of rotatable bonds is 6. The van der Waals surface area contributed by atoms with E-state index in [1.54, 1.807) is 11.3 Å². The molecular formula is C19H27N5OS. The summed E-state index contributed by atoms with van der Waals surface area (Å²) in [6.07, 6.45) is 0.713. The maximum absolute atomic E-state index is 9.08. The number of pyridine rings is 1. The van der Waals surface area contributed by atoms with Crippen LogP contribution in [0.2, 0.25) is 0 Å². The number of aliphatic hydroxyl groups is 1. The van der Waals surface area contributed by atoms with Crippen molar-refractivity contribution in [3.8, 4) is 10.6 Å². The monoisotopic (exact) mass is 373 g/mol. The molecule has 0 aliphatic carbocycles. The van der Waals surface area contributed by atoms with Gasteiger partial charge in [0.1, 0.15) is 5.82 Å². The molecule has 0 bridgehead atoms. The molecule has 3 heterocycles. The number of thiophene rings is 1. The first-order valence-electron chi connectivity index (χ1n) is 8.85. The largest absolute Gasteiger partial charge is 0.396 e. The minimum absolute atomic E-state index is 0.0684. The van der Waals surface area contributed by atoms with E-state index in [2.05, 4.69) is 54.7 Å². The summed E-state index contributed by atoms with van der Waals surface area (Å²) in [5, 5.41) is 20.4. The first kappa shape index (κ1) is 18.7. The molecule has 3 aromatic heterocycles. The lowest BCUT2D eigenvalue weighted by Crippen LogP contribution is -2.26. The normalized spacial score (nSPS) is 11.9.